The maximum atomic E-state index is 12.4. The van der Waals surface area contributed by atoms with E-state index < -0.39 is 0 Å². The zero-order valence-corrected chi connectivity index (χ0v) is 15.0. The van der Waals surface area contributed by atoms with Crippen molar-refractivity contribution in [2.75, 3.05) is 25.6 Å². The lowest BCUT2D eigenvalue weighted by Gasteiger charge is -2.14. The largest absolute Gasteiger partial charge is 0.479 e. The van der Waals surface area contributed by atoms with Gasteiger partial charge in [-0.25, -0.2) is 9.97 Å². The number of nitrogens with one attached hydrogen (secondary N) is 1. The molecule has 0 aliphatic carbocycles. The predicted molar refractivity (Wildman–Crippen MR) is 102 cm³/mol. The SMILES string of the molecule is COc1ncc(C2=CCOCC2)c2sc(NC(=O)c3ccccc3)nc12. The van der Waals surface area contributed by atoms with Crippen LogP contribution in [0.1, 0.15) is 22.3 Å². The number of aromatic nitrogens is 2. The highest BCUT2D eigenvalue weighted by Crippen LogP contribution is 2.37. The second-order valence-electron chi connectivity index (χ2n) is 5.75. The molecule has 0 spiro atoms. The van der Waals surface area contributed by atoms with Crippen molar-refractivity contribution in [1.82, 2.24) is 9.97 Å². The van der Waals surface area contributed by atoms with E-state index in [9.17, 15) is 4.79 Å². The van der Waals surface area contributed by atoms with E-state index >= 15 is 0 Å². The van der Waals surface area contributed by atoms with Crippen LogP contribution in [0.25, 0.3) is 15.8 Å². The molecule has 26 heavy (non-hydrogen) atoms. The number of thiazole rings is 1. The first-order valence-electron chi connectivity index (χ1n) is 8.23. The zero-order valence-electron chi connectivity index (χ0n) is 14.2. The Balaban J connectivity index is 1.73. The second kappa shape index (κ2) is 7.23. The molecule has 6 nitrogen and oxygen atoms in total. The average molecular weight is 367 g/mol. The van der Waals surface area contributed by atoms with Crippen LogP contribution in [0.15, 0.2) is 42.6 Å². The number of rotatable bonds is 4. The van der Waals surface area contributed by atoms with E-state index in [0.29, 0.717) is 35.3 Å². The number of benzene rings is 1. The third-order valence-electron chi connectivity index (χ3n) is 4.14. The standard InChI is InChI=1S/C19H17N3O3S/c1-24-18-15-16(14(11-20-18)12-7-9-25-10-8-12)26-19(21-15)22-17(23)13-5-3-2-4-6-13/h2-7,11H,8-10H2,1H3,(H,21,22,23). The molecule has 132 valence electrons. The number of carbonyl (C=O) groups excluding carboxylic acids is 1. The summed E-state index contributed by atoms with van der Waals surface area (Å²) < 4.78 is 11.7. The summed E-state index contributed by atoms with van der Waals surface area (Å²) in [6.45, 7) is 1.29. The summed E-state index contributed by atoms with van der Waals surface area (Å²) in [5, 5.41) is 3.39. The normalized spacial score (nSPS) is 14.1. The van der Waals surface area contributed by atoms with Crippen molar-refractivity contribution in [3.8, 4) is 5.88 Å². The fraction of sp³-hybridized carbons (Fsp3) is 0.211. The van der Waals surface area contributed by atoms with Gasteiger partial charge in [-0.15, -0.1) is 0 Å². The quantitative estimate of drug-likeness (QED) is 0.760. The predicted octanol–water partition coefficient (Wildman–Crippen LogP) is 3.76. The molecule has 3 heterocycles. The van der Waals surface area contributed by atoms with Crippen LogP contribution in [0.3, 0.4) is 0 Å². The molecule has 3 aromatic rings. The molecule has 1 aliphatic heterocycles. The Morgan fingerprint density at radius 3 is 2.88 bits per heavy atom. The minimum absolute atomic E-state index is 0.191. The second-order valence-corrected chi connectivity index (χ2v) is 6.75. The van der Waals surface area contributed by atoms with Crippen molar-refractivity contribution in [2.24, 2.45) is 0 Å². The monoisotopic (exact) mass is 367 g/mol. The van der Waals surface area contributed by atoms with Crippen molar-refractivity contribution in [1.29, 1.82) is 0 Å². The van der Waals surface area contributed by atoms with Crippen LogP contribution in [-0.2, 0) is 4.74 Å². The zero-order chi connectivity index (χ0) is 17.9. The minimum atomic E-state index is -0.191. The Morgan fingerprint density at radius 1 is 1.31 bits per heavy atom. The van der Waals surface area contributed by atoms with E-state index in [0.717, 1.165) is 16.7 Å². The van der Waals surface area contributed by atoms with Crippen LogP contribution < -0.4 is 10.1 Å². The van der Waals surface area contributed by atoms with Gasteiger partial charge in [0, 0.05) is 17.3 Å². The number of ether oxygens (including phenoxy) is 2. The number of carbonyl (C=O) groups is 1. The van der Waals surface area contributed by atoms with E-state index in [-0.39, 0.29) is 5.91 Å². The number of fused-ring (bicyclic) bond motifs is 1. The summed E-state index contributed by atoms with van der Waals surface area (Å²) in [7, 11) is 1.57. The average Bonchev–Trinajstić information content (AvgIpc) is 3.12. The highest BCUT2D eigenvalue weighted by atomic mass is 32.1. The van der Waals surface area contributed by atoms with Gasteiger partial charge in [0.15, 0.2) is 5.13 Å². The van der Waals surface area contributed by atoms with Crippen molar-refractivity contribution in [2.45, 2.75) is 6.42 Å². The van der Waals surface area contributed by atoms with Gasteiger partial charge < -0.3 is 9.47 Å². The Labute approximate surface area is 154 Å². The summed E-state index contributed by atoms with van der Waals surface area (Å²) in [6.07, 6.45) is 4.69. The molecule has 0 fully saturated rings. The van der Waals surface area contributed by atoms with Gasteiger partial charge in [-0.05, 0) is 24.1 Å². The van der Waals surface area contributed by atoms with Gasteiger partial charge in [0.05, 0.1) is 25.0 Å². The van der Waals surface area contributed by atoms with Crippen molar-refractivity contribution >= 4 is 38.2 Å². The molecule has 0 radical (unpaired) electrons. The first-order valence-corrected chi connectivity index (χ1v) is 9.05. The van der Waals surface area contributed by atoms with Gasteiger partial charge in [-0.3, -0.25) is 10.1 Å². The number of amides is 1. The van der Waals surface area contributed by atoms with Crippen LogP contribution in [-0.4, -0.2) is 36.2 Å². The Morgan fingerprint density at radius 2 is 2.15 bits per heavy atom. The number of nitrogens with zero attached hydrogens (tertiary/aromatic N) is 2. The van der Waals surface area contributed by atoms with E-state index in [1.54, 1.807) is 25.4 Å². The Bertz CT molecular complexity index is 982. The van der Waals surface area contributed by atoms with E-state index in [1.165, 1.54) is 16.9 Å². The van der Waals surface area contributed by atoms with Crippen molar-refractivity contribution < 1.29 is 14.3 Å². The highest BCUT2D eigenvalue weighted by Gasteiger charge is 2.19. The molecular weight excluding hydrogens is 350 g/mol. The Hall–Kier alpha value is -2.77. The highest BCUT2D eigenvalue weighted by molar-refractivity contribution is 7.22. The van der Waals surface area contributed by atoms with Crippen LogP contribution in [0.4, 0.5) is 5.13 Å². The molecular formula is C19H17N3O3S. The van der Waals surface area contributed by atoms with Gasteiger partial charge in [0.2, 0.25) is 5.88 Å². The maximum absolute atomic E-state index is 12.4. The molecule has 1 aromatic carbocycles. The lowest BCUT2D eigenvalue weighted by atomic mass is 10.0. The first kappa shape index (κ1) is 16.7. The molecule has 0 bridgehead atoms. The Kier molecular flexibility index (Phi) is 4.64. The van der Waals surface area contributed by atoms with E-state index in [4.69, 9.17) is 9.47 Å². The van der Waals surface area contributed by atoms with Crippen LogP contribution in [0, 0.1) is 0 Å². The van der Waals surface area contributed by atoms with E-state index in [2.05, 4.69) is 21.4 Å². The van der Waals surface area contributed by atoms with Gasteiger partial charge in [0.25, 0.3) is 5.91 Å². The molecule has 1 N–H and O–H groups in total. The number of hydrogen-bond donors (Lipinski definition) is 1. The van der Waals surface area contributed by atoms with Gasteiger partial charge in [-0.1, -0.05) is 35.6 Å². The summed E-state index contributed by atoms with van der Waals surface area (Å²) >= 11 is 1.43. The number of anilines is 1. The third kappa shape index (κ3) is 3.18. The fourth-order valence-corrected chi connectivity index (χ4v) is 3.85. The molecule has 1 amide bonds. The number of pyridine rings is 1. The maximum Gasteiger partial charge on any atom is 0.257 e. The molecule has 7 heteroatoms. The summed E-state index contributed by atoms with van der Waals surface area (Å²) in [5.74, 6) is 0.260. The lowest BCUT2D eigenvalue weighted by Crippen LogP contribution is -2.11. The van der Waals surface area contributed by atoms with Gasteiger partial charge in [0.1, 0.15) is 5.52 Å². The summed E-state index contributed by atoms with van der Waals surface area (Å²) in [5.41, 5.74) is 3.44. The van der Waals surface area contributed by atoms with Gasteiger partial charge in [-0.2, -0.15) is 0 Å². The number of hydrogen-bond acceptors (Lipinski definition) is 6. The summed E-state index contributed by atoms with van der Waals surface area (Å²) in [4.78, 5) is 21.3. The smallest absolute Gasteiger partial charge is 0.257 e. The topological polar surface area (TPSA) is 73.3 Å². The van der Waals surface area contributed by atoms with Gasteiger partial charge >= 0.3 is 0 Å². The fourth-order valence-electron chi connectivity index (χ4n) is 2.85. The molecule has 0 unspecified atom stereocenters. The molecule has 2 aromatic heterocycles. The number of methoxy groups -OCH3 is 1. The van der Waals surface area contributed by atoms with E-state index in [1.807, 2.05) is 18.2 Å². The van der Waals surface area contributed by atoms with Crippen molar-refractivity contribution in [3.63, 3.8) is 0 Å². The van der Waals surface area contributed by atoms with Crippen molar-refractivity contribution in [3.05, 3.63) is 53.7 Å². The van der Waals surface area contributed by atoms with Crippen LogP contribution >= 0.6 is 11.3 Å². The summed E-state index contributed by atoms with van der Waals surface area (Å²) in [6, 6.07) is 9.07. The molecule has 1 aliphatic rings. The molecule has 4 rings (SSSR count). The first-order chi connectivity index (χ1) is 12.8. The molecule has 0 atom stereocenters. The minimum Gasteiger partial charge on any atom is -0.479 e. The molecule has 0 saturated heterocycles. The van der Waals surface area contributed by atoms with Crippen LogP contribution in [0.2, 0.25) is 0 Å². The van der Waals surface area contributed by atoms with Crippen LogP contribution in [0.5, 0.6) is 5.88 Å². The lowest BCUT2D eigenvalue weighted by molar-refractivity contribution is 0.102. The third-order valence-corrected chi connectivity index (χ3v) is 5.15. The molecule has 0 saturated carbocycles.